The van der Waals surface area contributed by atoms with Gasteiger partial charge in [-0.15, -0.1) is 0 Å². The van der Waals surface area contributed by atoms with Crippen LogP contribution in [0.4, 0.5) is 5.82 Å². The fourth-order valence-corrected chi connectivity index (χ4v) is 5.91. The molecule has 5 rings (SSSR count). The monoisotopic (exact) mass is 395 g/mol. The standard InChI is InChI=1S/C23H33N5O/c24-16-23-9-3-10-28(23)13-12-27(17-23)21-7-6-19-15-26(11-8-20(19)25-21)22(29)14-18-4-1-2-5-18/h6-7,16,18,24H,1-5,8-15,17H2. The molecular weight excluding hydrogens is 362 g/mol. The number of carbonyl (C=O) groups is 1. The zero-order valence-corrected chi connectivity index (χ0v) is 17.4. The van der Waals surface area contributed by atoms with Crippen molar-refractivity contribution in [3.8, 4) is 0 Å². The van der Waals surface area contributed by atoms with Gasteiger partial charge in [0.25, 0.3) is 0 Å². The second-order valence-corrected chi connectivity index (χ2v) is 9.46. The van der Waals surface area contributed by atoms with E-state index in [1.54, 1.807) is 6.21 Å². The van der Waals surface area contributed by atoms with E-state index in [0.717, 1.165) is 63.5 Å². The SMILES string of the molecule is N=CC12CCCN1CCN(c1ccc3c(n1)CCN(C(=O)CC1CCCC1)C3)C2. The molecule has 1 N–H and O–H groups in total. The zero-order valence-electron chi connectivity index (χ0n) is 17.4. The van der Waals surface area contributed by atoms with Crippen molar-refractivity contribution < 1.29 is 4.79 Å². The predicted molar refractivity (Wildman–Crippen MR) is 114 cm³/mol. The van der Waals surface area contributed by atoms with Crippen molar-refractivity contribution in [2.45, 2.75) is 63.5 Å². The molecule has 3 aliphatic heterocycles. The normalized spacial score (nSPS) is 27.7. The van der Waals surface area contributed by atoms with Gasteiger partial charge in [0.05, 0.1) is 5.54 Å². The second kappa shape index (κ2) is 7.71. The summed E-state index contributed by atoms with van der Waals surface area (Å²) in [5.74, 6) is 1.99. The molecule has 1 atom stereocenters. The van der Waals surface area contributed by atoms with Gasteiger partial charge in [0.15, 0.2) is 0 Å². The Labute approximate surface area is 173 Å². The van der Waals surface area contributed by atoms with Gasteiger partial charge in [-0.3, -0.25) is 9.69 Å². The van der Waals surface area contributed by atoms with Gasteiger partial charge in [-0.25, -0.2) is 4.98 Å². The Bertz CT molecular complexity index is 789. The number of aromatic nitrogens is 1. The van der Waals surface area contributed by atoms with E-state index in [4.69, 9.17) is 10.4 Å². The van der Waals surface area contributed by atoms with Crippen LogP contribution in [0.2, 0.25) is 0 Å². The number of rotatable bonds is 4. The van der Waals surface area contributed by atoms with Crippen LogP contribution in [-0.2, 0) is 17.8 Å². The molecule has 6 nitrogen and oxygen atoms in total. The van der Waals surface area contributed by atoms with Gasteiger partial charge in [0.2, 0.25) is 5.91 Å². The quantitative estimate of drug-likeness (QED) is 0.797. The van der Waals surface area contributed by atoms with Crippen LogP contribution in [0, 0.1) is 11.3 Å². The van der Waals surface area contributed by atoms with Crippen molar-refractivity contribution in [1.82, 2.24) is 14.8 Å². The van der Waals surface area contributed by atoms with Gasteiger partial charge in [0.1, 0.15) is 5.82 Å². The lowest BCUT2D eigenvalue weighted by Gasteiger charge is -2.45. The molecule has 0 spiro atoms. The lowest BCUT2D eigenvalue weighted by Crippen LogP contribution is -2.60. The van der Waals surface area contributed by atoms with E-state index >= 15 is 0 Å². The van der Waals surface area contributed by atoms with Crippen molar-refractivity contribution in [3.05, 3.63) is 23.4 Å². The molecular formula is C23H33N5O. The molecule has 156 valence electrons. The molecule has 6 heteroatoms. The number of nitrogens with one attached hydrogen (secondary N) is 1. The molecule has 4 aliphatic rings. The Kier molecular flexibility index (Phi) is 5.06. The zero-order chi connectivity index (χ0) is 19.8. The second-order valence-electron chi connectivity index (χ2n) is 9.46. The van der Waals surface area contributed by atoms with E-state index < -0.39 is 0 Å². The molecule has 1 aliphatic carbocycles. The first-order valence-corrected chi connectivity index (χ1v) is 11.5. The first-order valence-electron chi connectivity index (χ1n) is 11.5. The average molecular weight is 396 g/mol. The maximum Gasteiger partial charge on any atom is 0.223 e. The number of hydrogen-bond donors (Lipinski definition) is 1. The number of fused-ring (bicyclic) bond motifs is 2. The minimum absolute atomic E-state index is 0.0979. The molecule has 1 saturated carbocycles. The highest BCUT2D eigenvalue weighted by Gasteiger charge is 2.43. The molecule has 29 heavy (non-hydrogen) atoms. The summed E-state index contributed by atoms with van der Waals surface area (Å²) in [6.07, 6.45) is 10.6. The maximum absolute atomic E-state index is 12.7. The Hall–Kier alpha value is -1.95. The average Bonchev–Trinajstić information content (AvgIpc) is 3.42. The minimum Gasteiger partial charge on any atom is -0.353 e. The van der Waals surface area contributed by atoms with Crippen molar-refractivity contribution in [2.24, 2.45) is 5.92 Å². The van der Waals surface area contributed by atoms with E-state index in [-0.39, 0.29) is 5.54 Å². The number of nitrogens with zero attached hydrogens (tertiary/aromatic N) is 4. The van der Waals surface area contributed by atoms with Crippen molar-refractivity contribution in [2.75, 3.05) is 37.6 Å². The minimum atomic E-state index is -0.0979. The largest absolute Gasteiger partial charge is 0.353 e. The summed E-state index contributed by atoms with van der Waals surface area (Å²) in [5.41, 5.74) is 2.27. The summed E-state index contributed by atoms with van der Waals surface area (Å²) in [6, 6.07) is 4.32. The van der Waals surface area contributed by atoms with Gasteiger partial charge in [0, 0.05) is 57.5 Å². The molecule has 1 aromatic heterocycles. The van der Waals surface area contributed by atoms with E-state index in [0.29, 0.717) is 18.4 Å². The Balaban J connectivity index is 1.26. The Morgan fingerprint density at radius 3 is 2.86 bits per heavy atom. The van der Waals surface area contributed by atoms with Gasteiger partial charge in [-0.05, 0) is 49.8 Å². The number of piperazine rings is 1. The van der Waals surface area contributed by atoms with Gasteiger partial charge < -0.3 is 15.2 Å². The van der Waals surface area contributed by atoms with Crippen LogP contribution in [0.3, 0.4) is 0 Å². The van der Waals surface area contributed by atoms with Crippen LogP contribution < -0.4 is 4.90 Å². The number of pyridine rings is 1. The lowest BCUT2D eigenvalue weighted by molar-refractivity contribution is -0.133. The number of hydrogen-bond acceptors (Lipinski definition) is 5. The fraction of sp³-hybridized carbons (Fsp3) is 0.696. The van der Waals surface area contributed by atoms with Crippen molar-refractivity contribution in [1.29, 1.82) is 5.41 Å². The van der Waals surface area contributed by atoms with Gasteiger partial charge in [-0.1, -0.05) is 18.9 Å². The summed E-state index contributed by atoms with van der Waals surface area (Å²) < 4.78 is 0. The van der Waals surface area contributed by atoms with E-state index in [9.17, 15) is 4.79 Å². The van der Waals surface area contributed by atoms with Crippen LogP contribution in [0.1, 0.15) is 56.2 Å². The highest BCUT2D eigenvalue weighted by atomic mass is 16.2. The summed E-state index contributed by atoms with van der Waals surface area (Å²) in [7, 11) is 0. The van der Waals surface area contributed by atoms with Crippen LogP contribution >= 0.6 is 0 Å². The Morgan fingerprint density at radius 1 is 1.17 bits per heavy atom. The van der Waals surface area contributed by atoms with Crippen LogP contribution in [0.5, 0.6) is 0 Å². The third-order valence-corrected chi connectivity index (χ3v) is 7.69. The summed E-state index contributed by atoms with van der Waals surface area (Å²) >= 11 is 0. The third-order valence-electron chi connectivity index (χ3n) is 7.69. The van der Waals surface area contributed by atoms with Crippen LogP contribution in [-0.4, -0.2) is 65.2 Å². The first-order chi connectivity index (χ1) is 14.2. The van der Waals surface area contributed by atoms with Crippen molar-refractivity contribution in [3.63, 3.8) is 0 Å². The predicted octanol–water partition coefficient (Wildman–Crippen LogP) is 2.85. The Morgan fingerprint density at radius 2 is 2.03 bits per heavy atom. The fourth-order valence-electron chi connectivity index (χ4n) is 5.91. The highest BCUT2D eigenvalue weighted by Crippen LogP contribution is 2.34. The maximum atomic E-state index is 12.7. The van der Waals surface area contributed by atoms with Gasteiger partial charge in [-0.2, -0.15) is 0 Å². The summed E-state index contributed by atoms with van der Waals surface area (Å²) in [5, 5.41) is 8.01. The van der Waals surface area contributed by atoms with E-state index in [1.165, 1.54) is 37.7 Å². The highest BCUT2D eigenvalue weighted by molar-refractivity contribution is 5.77. The number of amides is 1. The van der Waals surface area contributed by atoms with Crippen LogP contribution in [0.25, 0.3) is 0 Å². The third kappa shape index (κ3) is 3.56. The van der Waals surface area contributed by atoms with Crippen molar-refractivity contribution >= 4 is 17.9 Å². The van der Waals surface area contributed by atoms with E-state index in [2.05, 4.69) is 21.9 Å². The molecule has 1 unspecified atom stereocenters. The molecule has 1 amide bonds. The summed E-state index contributed by atoms with van der Waals surface area (Å²) in [6.45, 7) is 5.49. The molecule has 0 radical (unpaired) electrons. The topological polar surface area (TPSA) is 63.5 Å². The number of carbonyl (C=O) groups excluding carboxylic acids is 1. The lowest BCUT2D eigenvalue weighted by atomic mass is 9.94. The van der Waals surface area contributed by atoms with E-state index in [1.807, 2.05) is 4.90 Å². The van der Waals surface area contributed by atoms with Crippen LogP contribution in [0.15, 0.2) is 12.1 Å². The molecule has 1 aromatic rings. The molecule has 4 heterocycles. The first kappa shape index (κ1) is 19.0. The van der Waals surface area contributed by atoms with Gasteiger partial charge >= 0.3 is 0 Å². The smallest absolute Gasteiger partial charge is 0.223 e. The molecule has 3 fully saturated rings. The summed E-state index contributed by atoms with van der Waals surface area (Å²) in [4.78, 5) is 24.6. The molecule has 2 saturated heterocycles. The number of anilines is 1. The molecule has 0 bridgehead atoms. The molecule has 0 aromatic carbocycles.